The maximum atomic E-state index is 11.8. The minimum absolute atomic E-state index is 0.0000463. The monoisotopic (exact) mass is 257 g/mol. The third-order valence-electron chi connectivity index (χ3n) is 2.37. The highest BCUT2D eigenvalue weighted by Gasteiger charge is 2.26. The van der Waals surface area contributed by atoms with E-state index in [0.717, 1.165) is 25.3 Å². The van der Waals surface area contributed by atoms with Gasteiger partial charge in [0.25, 0.3) is 5.91 Å². The molecule has 0 saturated carbocycles. The Morgan fingerprint density at radius 3 is 2.93 bits per heavy atom. The Labute approximate surface area is 91.2 Å². The molecular formula is C10H12BrNO2. The topological polar surface area (TPSA) is 33.5 Å². The van der Waals surface area contributed by atoms with Gasteiger partial charge in [-0.15, -0.1) is 0 Å². The lowest BCUT2D eigenvalue weighted by Crippen LogP contribution is -2.28. The standard InChI is InChI=1S/C10H12BrNO2/c1-7-2-3-9(14-7)10(13)12-5-4-8(11)6-12/h2-3,8H,4-6H2,1H3. The molecule has 1 atom stereocenters. The van der Waals surface area contributed by atoms with Crippen molar-refractivity contribution in [3.05, 3.63) is 23.7 Å². The molecule has 1 aliphatic heterocycles. The minimum Gasteiger partial charge on any atom is -0.456 e. The van der Waals surface area contributed by atoms with E-state index in [-0.39, 0.29) is 5.91 Å². The minimum atomic E-state index is 0.0000463. The number of alkyl halides is 1. The largest absolute Gasteiger partial charge is 0.456 e. The Morgan fingerprint density at radius 2 is 2.43 bits per heavy atom. The molecule has 0 bridgehead atoms. The first-order chi connectivity index (χ1) is 6.66. The van der Waals surface area contributed by atoms with Crippen LogP contribution < -0.4 is 0 Å². The number of rotatable bonds is 1. The third kappa shape index (κ3) is 1.85. The van der Waals surface area contributed by atoms with Crippen molar-refractivity contribution >= 4 is 21.8 Å². The van der Waals surface area contributed by atoms with Crippen molar-refractivity contribution in [3.8, 4) is 0 Å². The molecule has 0 aromatic carbocycles. The van der Waals surface area contributed by atoms with Crippen LogP contribution in [0.1, 0.15) is 22.7 Å². The second-order valence-corrected chi connectivity index (χ2v) is 4.84. The lowest BCUT2D eigenvalue weighted by atomic mass is 10.4. The van der Waals surface area contributed by atoms with E-state index in [1.807, 2.05) is 17.9 Å². The summed E-state index contributed by atoms with van der Waals surface area (Å²) in [6.07, 6.45) is 1.02. The molecule has 1 aliphatic rings. The average molecular weight is 258 g/mol. The van der Waals surface area contributed by atoms with Gasteiger partial charge in [-0.05, 0) is 25.5 Å². The van der Waals surface area contributed by atoms with Crippen molar-refractivity contribution in [1.29, 1.82) is 0 Å². The van der Waals surface area contributed by atoms with E-state index in [9.17, 15) is 4.79 Å². The van der Waals surface area contributed by atoms with Crippen molar-refractivity contribution in [2.24, 2.45) is 0 Å². The first kappa shape index (κ1) is 9.77. The molecule has 1 amide bonds. The Hall–Kier alpha value is -0.770. The Balaban J connectivity index is 2.09. The van der Waals surface area contributed by atoms with Crippen molar-refractivity contribution in [2.45, 2.75) is 18.2 Å². The smallest absolute Gasteiger partial charge is 0.289 e. The van der Waals surface area contributed by atoms with Gasteiger partial charge in [-0.3, -0.25) is 4.79 Å². The molecular weight excluding hydrogens is 246 g/mol. The second-order valence-electron chi connectivity index (χ2n) is 3.55. The van der Waals surface area contributed by atoms with E-state index < -0.39 is 0 Å². The molecule has 2 rings (SSSR count). The zero-order valence-corrected chi connectivity index (χ0v) is 9.58. The number of carbonyl (C=O) groups excluding carboxylic acids is 1. The number of hydrogen-bond acceptors (Lipinski definition) is 2. The summed E-state index contributed by atoms with van der Waals surface area (Å²) in [6, 6.07) is 3.55. The van der Waals surface area contributed by atoms with Crippen LogP contribution in [-0.4, -0.2) is 28.7 Å². The fraction of sp³-hybridized carbons (Fsp3) is 0.500. The van der Waals surface area contributed by atoms with Crippen LogP contribution in [0.4, 0.5) is 0 Å². The molecule has 1 saturated heterocycles. The van der Waals surface area contributed by atoms with Crippen LogP contribution in [-0.2, 0) is 0 Å². The second kappa shape index (κ2) is 3.77. The summed E-state index contributed by atoms with van der Waals surface area (Å²) in [5.41, 5.74) is 0. The van der Waals surface area contributed by atoms with Gasteiger partial charge < -0.3 is 9.32 Å². The van der Waals surface area contributed by atoms with Gasteiger partial charge in [-0.1, -0.05) is 15.9 Å². The zero-order valence-electron chi connectivity index (χ0n) is 8.00. The molecule has 4 heteroatoms. The quantitative estimate of drug-likeness (QED) is 0.723. The summed E-state index contributed by atoms with van der Waals surface area (Å²) in [5, 5.41) is 0. The Bertz CT molecular complexity index is 348. The van der Waals surface area contributed by atoms with Gasteiger partial charge >= 0.3 is 0 Å². The number of likely N-dealkylation sites (tertiary alicyclic amines) is 1. The highest BCUT2D eigenvalue weighted by atomic mass is 79.9. The van der Waals surface area contributed by atoms with Gasteiger partial charge in [0, 0.05) is 17.9 Å². The SMILES string of the molecule is Cc1ccc(C(=O)N2CCC(Br)C2)o1. The Kier molecular flexibility index (Phi) is 2.63. The van der Waals surface area contributed by atoms with Crippen molar-refractivity contribution < 1.29 is 9.21 Å². The van der Waals surface area contributed by atoms with E-state index in [0.29, 0.717) is 10.6 Å². The fourth-order valence-corrected chi connectivity index (χ4v) is 2.16. The molecule has 1 aromatic heterocycles. The van der Waals surface area contributed by atoms with Crippen LogP contribution in [0.5, 0.6) is 0 Å². The third-order valence-corrected chi connectivity index (χ3v) is 3.12. The molecule has 2 heterocycles. The molecule has 0 aliphatic carbocycles. The summed E-state index contributed by atoms with van der Waals surface area (Å²) in [5.74, 6) is 1.23. The van der Waals surface area contributed by atoms with E-state index in [1.54, 1.807) is 6.07 Å². The first-order valence-corrected chi connectivity index (χ1v) is 5.58. The fourth-order valence-electron chi connectivity index (χ4n) is 1.61. The normalized spacial score (nSPS) is 21.6. The van der Waals surface area contributed by atoms with Gasteiger partial charge in [0.05, 0.1) is 0 Å². The van der Waals surface area contributed by atoms with E-state index in [1.165, 1.54) is 0 Å². The van der Waals surface area contributed by atoms with Gasteiger partial charge in [0.2, 0.25) is 0 Å². The molecule has 0 radical (unpaired) electrons. The maximum Gasteiger partial charge on any atom is 0.289 e. The van der Waals surface area contributed by atoms with Crippen LogP contribution in [0.15, 0.2) is 16.5 Å². The molecule has 76 valence electrons. The Morgan fingerprint density at radius 1 is 1.64 bits per heavy atom. The summed E-state index contributed by atoms with van der Waals surface area (Å²) in [4.78, 5) is 14.1. The van der Waals surface area contributed by atoms with Crippen LogP contribution >= 0.6 is 15.9 Å². The lowest BCUT2D eigenvalue weighted by Gasteiger charge is -2.13. The molecule has 0 spiro atoms. The van der Waals surface area contributed by atoms with E-state index in [4.69, 9.17) is 4.42 Å². The average Bonchev–Trinajstić information content (AvgIpc) is 2.73. The maximum absolute atomic E-state index is 11.8. The highest BCUT2D eigenvalue weighted by molar-refractivity contribution is 9.09. The summed E-state index contributed by atoms with van der Waals surface area (Å²) in [6.45, 7) is 3.43. The number of nitrogens with zero attached hydrogens (tertiary/aromatic N) is 1. The van der Waals surface area contributed by atoms with Crippen molar-refractivity contribution in [3.63, 3.8) is 0 Å². The predicted molar refractivity (Wildman–Crippen MR) is 56.7 cm³/mol. The molecule has 1 aromatic rings. The highest BCUT2D eigenvalue weighted by Crippen LogP contribution is 2.19. The van der Waals surface area contributed by atoms with E-state index >= 15 is 0 Å². The van der Waals surface area contributed by atoms with Gasteiger partial charge in [0.1, 0.15) is 5.76 Å². The van der Waals surface area contributed by atoms with Crippen LogP contribution in [0.2, 0.25) is 0 Å². The number of carbonyl (C=O) groups is 1. The number of furan rings is 1. The molecule has 1 unspecified atom stereocenters. The van der Waals surface area contributed by atoms with Crippen LogP contribution in [0.25, 0.3) is 0 Å². The van der Waals surface area contributed by atoms with Gasteiger partial charge in [-0.2, -0.15) is 0 Å². The van der Waals surface area contributed by atoms with Crippen molar-refractivity contribution in [2.75, 3.05) is 13.1 Å². The van der Waals surface area contributed by atoms with Crippen molar-refractivity contribution in [1.82, 2.24) is 4.90 Å². The van der Waals surface area contributed by atoms with E-state index in [2.05, 4.69) is 15.9 Å². The molecule has 0 N–H and O–H groups in total. The summed E-state index contributed by atoms with van der Waals surface area (Å²) < 4.78 is 5.29. The zero-order chi connectivity index (χ0) is 10.1. The van der Waals surface area contributed by atoms with Crippen LogP contribution in [0.3, 0.4) is 0 Å². The number of hydrogen-bond donors (Lipinski definition) is 0. The van der Waals surface area contributed by atoms with Crippen LogP contribution in [0, 0.1) is 6.92 Å². The number of aryl methyl sites for hydroxylation is 1. The van der Waals surface area contributed by atoms with Gasteiger partial charge in [0.15, 0.2) is 5.76 Å². The summed E-state index contributed by atoms with van der Waals surface area (Å²) >= 11 is 3.50. The molecule has 1 fully saturated rings. The number of amides is 1. The first-order valence-electron chi connectivity index (χ1n) is 4.66. The lowest BCUT2D eigenvalue weighted by molar-refractivity contribution is 0.0760. The summed E-state index contributed by atoms with van der Waals surface area (Å²) in [7, 11) is 0. The molecule has 3 nitrogen and oxygen atoms in total. The van der Waals surface area contributed by atoms with Gasteiger partial charge in [-0.25, -0.2) is 0 Å². The molecule has 14 heavy (non-hydrogen) atoms. The predicted octanol–water partition coefficient (Wildman–Crippen LogP) is 2.20. The number of halogens is 1.